The molecule has 2 bridgehead atoms. The minimum absolute atomic E-state index is 0.0954. The van der Waals surface area contributed by atoms with Gasteiger partial charge in [0.15, 0.2) is 17.4 Å². The molecule has 1 aliphatic carbocycles. The lowest BCUT2D eigenvalue weighted by Crippen LogP contribution is -2.49. The fourth-order valence-corrected chi connectivity index (χ4v) is 16.3. The van der Waals surface area contributed by atoms with Crippen molar-refractivity contribution in [3.8, 4) is 33.3 Å². The molecule has 11 heterocycles. The average Bonchev–Trinajstić information content (AvgIpc) is 2.10. The third-order valence-electron chi connectivity index (χ3n) is 20.8. The first-order valence-corrected chi connectivity index (χ1v) is 33.1. The summed E-state index contributed by atoms with van der Waals surface area (Å²) in [7, 11) is 0. The zero-order valence-corrected chi connectivity index (χ0v) is 51.9. The highest BCUT2D eigenvalue weighted by atomic mass is 32.1. The van der Waals surface area contributed by atoms with Gasteiger partial charge in [-0.1, -0.05) is 55.4 Å². The minimum Gasteiger partial charge on any atom is -0.507 e. The van der Waals surface area contributed by atoms with E-state index >= 15 is 0 Å². The lowest BCUT2D eigenvalue weighted by molar-refractivity contribution is -0.141. The summed E-state index contributed by atoms with van der Waals surface area (Å²) in [6.07, 6.45) is 13.2. The Morgan fingerprint density at radius 1 is 0.816 bits per heavy atom. The molecule has 4 aromatic heterocycles. The molecule has 14 rings (SSSR count). The standard InChI is InChI=1S/C67H87N13O6S/c1-42(2)62(66(84)80-40-52(81)32-57(80)65(83)71-43(3)48-10-12-49(13-11-48)63-44(4)70-41-87-63)59-34-60(74-86-59)77-27-20-67(21-28-77)18-25-76(26-19-67)35-45-16-23-75(24-17-45)36-47-29-53(30-47)85-61-31-50(15-22-69-61)79-38-46-9-14-51(79)39-78(37-46)56-33-55(72-73-64(56)68)54-7-5-6-8-58(54)82/h5-8,10-13,15,22,31,33-34,41-43,45-47,51-53,57,62,81-82H,9,14,16-21,23-30,32,35-40H2,1-4H3,(H2,68,73)(H,71,83)/t43-,46?,47-,51?,52+,53-,57-,62-/m0/s1. The number of benzene rings is 2. The number of aliphatic hydroxyl groups excluding tert-OH is 1. The van der Waals surface area contributed by atoms with Crippen molar-refractivity contribution in [2.45, 2.75) is 135 Å². The monoisotopic (exact) mass is 1200 g/mol. The SMILES string of the molecule is Cc1ncsc1-c1ccc([C@H](C)NC(=O)[C@@H]2C[C@@H](O)CN2C(=O)[C@H](c2cc(N3CCC4(CCN(CC5CCN(C[C@H]6C[C@H](Oc7cc(N8CC9CCC8CN(c8cc(-c%10ccccc%10O)nnc8N)C9)ccn7)C6)CC5)CC4)CC3)no2)C(C)C)cc1. The molecule has 6 atom stereocenters. The molecular weight excluding hydrogens is 1110 g/mol. The number of amides is 2. The molecule has 87 heavy (non-hydrogen) atoms. The first kappa shape index (κ1) is 59.1. The van der Waals surface area contributed by atoms with Crippen LogP contribution in [-0.4, -0.2) is 165 Å². The molecule has 20 heteroatoms. The number of aromatic hydroxyl groups is 1. The van der Waals surface area contributed by atoms with Gasteiger partial charge in [0.1, 0.15) is 23.8 Å². The van der Waals surface area contributed by atoms with Gasteiger partial charge in [-0.2, -0.15) is 0 Å². The zero-order chi connectivity index (χ0) is 59.9. The predicted molar refractivity (Wildman–Crippen MR) is 339 cm³/mol. The second-order valence-corrected chi connectivity index (χ2v) is 27.8. The van der Waals surface area contributed by atoms with Gasteiger partial charge in [-0.3, -0.25) is 9.59 Å². The Morgan fingerprint density at radius 2 is 1.56 bits per heavy atom. The van der Waals surface area contributed by atoms with Crippen LogP contribution in [0.2, 0.25) is 0 Å². The summed E-state index contributed by atoms with van der Waals surface area (Å²) in [6, 6.07) is 22.8. The number of anilines is 4. The van der Waals surface area contributed by atoms with Crippen molar-refractivity contribution in [3.05, 3.63) is 102 Å². The number of nitrogens with one attached hydrogen (secondary N) is 1. The van der Waals surface area contributed by atoms with Crippen LogP contribution < -0.4 is 30.5 Å². The van der Waals surface area contributed by atoms with Crippen LogP contribution in [0.25, 0.3) is 21.7 Å². The van der Waals surface area contributed by atoms with Crippen molar-refractivity contribution in [2.75, 3.05) is 99.0 Å². The number of aliphatic hydroxyl groups is 1. The van der Waals surface area contributed by atoms with Gasteiger partial charge in [-0.15, -0.1) is 21.5 Å². The number of phenols is 1. The number of piperidine rings is 4. The normalized spacial score (nSPS) is 25.2. The number of thiazole rings is 1. The van der Waals surface area contributed by atoms with Gasteiger partial charge in [0, 0.05) is 94.4 Å². The van der Waals surface area contributed by atoms with Crippen LogP contribution in [0.15, 0.2) is 89.0 Å². The number of hydrogen-bond donors (Lipinski definition) is 4. The number of rotatable bonds is 17. The van der Waals surface area contributed by atoms with Crippen LogP contribution in [0, 0.1) is 36.0 Å². The number of nitrogen functional groups attached to an aromatic ring is 1. The Morgan fingerprint density at radius 3 is 2.31 bits per heavy atom. The smallest absolute Gasteiger partial charge is 0.243 e. The topological polar surface area (TPSA) is 219 Å². The number of β-amino-alcohol motifs (C(OH)–C–C–N with tert-alkyl or cyclic N) is 1. The molecule has 1 spiro atoms. The van der Waals surface area contributed by atoms with Crippen LogP contribution >= 0.6 is 11.3 Å². The summed E-state index contributed by atoms with van der Waals surface area (Å²) < 4.78 is 12.6. The van der Waals surface area contributed by atoms with E-state index in [1.165, 1.54) is 58.4 Å². The Bertz CT molecular complexity index is 3340. The van der Waals surface area contributed by atoms with E-state index in [0.717, 1.165) is 128 Å². The van der Waals surface area contributed by atoms with Gasteiger partial charge in [0.25, 0.3) is 0 Å². The number of pyridine rings is 1. The number of carbonyl (C=O) groups excluding carboxylic acids is 2. The number of phenolic OH excluding ortho intramolecular Hbond substituents is 1. The number of likely N-dealkylation sites (tertiary alicyclic amines) is 3. The van der Waals surface area contributed by atoms with Crippen LogP contribution in [0.1, 0.15) is 120 Å². The number of hydrogen-bond acceptors (Lipinski definition) is 18. The van der Waals surface area contributed by atoms with Gasteiger partial charge in [0.2, 0.25) is 17.7 Å². The molecule has 2 aromatic carbocycles. The summed E-state index contributed by atoms with van der Waals surface area (Å²) >= 11 is 1.61. The third-order valence-corrected chi connectivity index (χ3v) is 21.7. The minimum atomic E-state index is -0.794. The molecule has 2 unspecified atom stereocenters. The highest BCUT2D eigenvalue weighted by Gasteiger charge is 2.45. The summed E-state index contributed by atoms with van der Waals surface area (Å²) in [6.45, 7) is 19.6. The van der Waals surface area contributed by atoms with Crippen LogP contribution in [0.4, 0.5) is 23.0 Å². The van der Waals surface area contributed by atoms with Gasteiger partial charge < -0.3 is 59.9 Å². The van der Waals surface area contributed by atoms with E-state index in [4.69, 9.17) is 15.0 Å². The molecule has 1 saturated carbocycles. The molecule has 7 aliphatic heterocycles. The number of aromatic nitrogens is 5. The van der Waals surface area contributed by atoms with E-state index in [2.05, 4.69) is 79.4 Å². The number of carbonyl (C=O) groups is 2. The van der Waals surface area contributed by atoms with E-state index in [9.17, 15) is 19.8 Å². The molecule has 8 aliphatic rings. The van der Waals surface area contributed by atoms with Crippen LogP contribution in [0.5, 0.6) is 11.6 Å². The number of nitrogens with zero attached hydrogens (tertiary/aromatic N) is 11. The fourth-order valence-electron chi connectivity index (χ4n) is 15.5. The van der Waals surface area contributed by atoms with E-state index in [1.54, 1.807) is 28.4 Å². The maximum absolute atomic E-state index is 14.5. The second-order valence-electron chi connectivity index (χ2n) is 27.0. The zero-order valence-electron chi connectivity index (χ0n) is 51.1. The van der Waals surface area contributed by atoms with Gasteiger partial charge >= 0.3 is 0 Å². The molecule has 7 saturated heterocycles. The van der Waals surface area contributed by atoms with Crippen molar-refractivity contribution < 1.29 is 29.1 Å². The van der Waals surface area contributed by atoms with Crippen LogP contribution in [0.3, 0.4) is 0 Å². The van der Waals surface area contributed by atoms with Gasteiger partial charge in [-0.05, 0) is 169 Å². The van der Waals surface area contributed by atoms with E-state index < -0.39 is 18.1 Å². The Hall–Kier alpha value is -6.87. The summed E-state index contributed by atoms with van der Waals surface area (Å²) in [4.78, 5) is 52.8. The molecule has 19 nitrogen and oxygen atoms in total. The van der Waals surface area contributed by atoms with Crippen molar-refractivity contribution in [1.82, 2.24) is 45.3 Å². The largest absolute Gasteiger partial charge is 0.507 e. The Kier molecular flexibility index (Phi) is 17.2. The molecular formula is C67H87N13O6S. The highest BCUT2D eigenvalue weighted by molar-refractivity contribution is 7.13. The first-order valence-electron chi connectivity index (χ1n) is 32.2. The van der Waals surface area contributed by atoms with E-state index in [-0.39, 0.29) is 48.6 Å². The number of para-hydroxylation sites is 1. The Balaban J connectivity index is 0.525. The maximum Gasteiger partial charge on any atom is 0.243 e. The quantitative estimate of drug-likeness (QED) is 0.0669. The summed E-state index contributed by atoms with van der Waals surface area (Å²) in [5.41, 5.74) is 15.0. The van der Waals surface area contributed by atoms with Crippen molar-refractivity contribution >= 4 is 46.2 Å². The van der Waals surface area contributed by atoms with Crippen LogP contribution in [-0.2, 0) is 9.59 Å². The maximum atomic E-state index is 14.5. The number of aryl methyl sites for hydroxylation is 1. The third kappa shape index (κ3) is 12.9. The number of ether oxygens (including phenoxy) is 1. The number of nitrogens with two attached hydrogens (primary N) is 1. The average molecular weight is 1200 g/mol. The predicted octanol–water partition coefficient (Wildman–Crippen LogP) is 9.18. The molecule has 8 fully saturated rings. The number of fused-ring (bicyclic) bond motifs is 4. The summed E-state index contributed by atoms with van der Waals surface area (Å²) in [5, 5.41) is 37.7. The lowest BCUT2D eigenvalue weighted by atomic mass is 9.71. The molecule has 0 radical (unpaired) electrons. The molecule has 462 valence electrons. The van der Waals surface area contributed by atoms with Crippen molar-refractivity contribution in [3.63, 3.8) is 0 Å². The van der Waals surface area contributed by atoms with Gasteiger partial charge in [0.05, 0.1) is 39.6 Å². The van der Waals surface area contributed by atoms with Crippen molar-refractivity contribution in [2.24, 2.45) is 29.1 Å². The molecule has 6 aromatic rings. The van der Waals surface area contributed by atoms with E-state index in [0.29, 0.717) is 46.1 Å². The summed E-state index contributed by atoms with van der Waals surface area (Å²) in [5.74, 6) is 3.21. The molecule has 5 N–H and O–H groups in total. The highest BCUT2D eigenvalue weighted by Crippen LogP contribution is 2.44. The van der Waals surface area contributed by atoms with E-state index in [1.807, 2.05) is 75.8 Å². The lowest BCUT2D eigenvalue weighted by Gasteiger charge is -2.47. The first-order chi connectivity index (χ1) is 42.2. The second kappa shape index (κ2) is 25.3. The Labute approximate surface area is 515 Å². The molecule has 2 amide bonds. The van der Waals surface area contributed by atoms with Gasteiger partial charge in [-0.25, -0.2) is 9.97 Å². The fraction of sp³-hybridized carbons (Fsp3) is 0.567. The van der Waals surface area contributed by atoms with Crippen molar-refractivity contribution in [1.29, 1.82) is 0 Å².